The van der Waals surface area contributed by atoms with Crippen LogP contribution in [0.25, 0.3) is 0 Å². The Labute approximate surface area is 144 Å². The first-order valence-corrected chi connectivity index (χ1v) is 9.33. The van der Waals surface area contributed by atoms with Crippen LogP contribution in [0.5, 0.6) is 5.75 Å². The van der Waals surface area contributed by atoms with Crippen LogP contribution in [0.3, 0.4) is 0 Å². The number of piperidine rings is 1. The molecule has 0 saturated carbocycles. The van der Waals surface area contributed by atoms with Gasteiger partial charge >= 0.3 is 0 Å². The van der Waals surface area contributed by atoms with Crippen LogP contribution in [0.4, 0.5) is 0 Å². The summed E-state index contributed by atoms with van der Waals surface area (Å²) in [5.41, 5.74) is 1.27. The Kier molecular flexibility index (Phi) is 5.03. The Bertz CT molecular complexity index is 547. The van der Waals surface area contributed by atoms with Crippen LogP contribution in [0, 0.1) is 5.92 Å². The minimum absolute atomic E-state index is 0.135. The molecule has 1 aromatic rings. The largest absolute Gasteiger partial charge is 0.493 e. The molecule has 0 bridgehead atoms. The van der Waals surface area contributed by atoms with E-state index in [1.807, 2.05) is 0 Å². The second kappa shape index (κ2) is 7.40. The quantitative estimate of drug-likeness (QED) is 0.840. The molecule has 3 saturated heterocycles. The maximum Gasteiger partial charge on any atom is 0.119 e. The molecule has 0 radical (unpaired) electrons. The van der Waals surface area contributed by atoms with Gasteiger partial charge in [-0.25, -0.2) is 0 Å². The molecule has 0 aromatic heterocycles. The third-order valence-corrected chi connectivity index (χ3v) is 5.60. The van der Waals surface area contributed by atoms with Gasteiger partial charge in [0.05, 0.1) is 12.7 Å². The lowest BCUT2D eigenvalue weighted by Crippen LogP contribution is -2.55. The lowest BCUT2D eigenvalue weighted by atomic mass is 9.92. The summed E-state index contributed by atoms with van der Waals surface area (Å²) in [6.45, 7) is 7.94. The SMILES string of the molecule is OC1CN(Cc2cccc(OC[C@@H]3CC[C@@H]4CNCCN4C3)c2)C1. The van der Waals surface area contributed by atoms with E-state index < -0.39 is 0 Å². The van der Waals surface area contributed by atoms with Crippen molar-refractivity contribution in [2.75, 3.05) is 45.9 Å². The van der Waals surface area contributed by atoms with Gasteiger partial charge in [0.1, 0.15) is 5.75 Å². The summed E-state index contributed by atoms with van der Waals surface area (Å²) in [6, 6.07) is 9.18. The molecule has 3 fully saturated rings. The summed E-state index contributed by atoms with van der Waals surface area (Å²) in [5.74, 6) is 1.63. The first kappa shape index (κ1) is 16.3. The normalized spacial score (nSPS) is 29.0. The molecule has 0 spiro atoms. The molecule has 5 nitrogen and oxygen atoms in total. The molecule has 24 heavy (non-hydrogen) atoms. The van der Waals surface area contributed by atoms with E-state index in [2.05, 4.69) is 39.4 Å². The number of nitrogens with zero attached hydrogens (tertiary/aromatic N) is 2. The van der Waals surface area contributed by atoms with Crippen LogP contribution in [0.15, 0.2) is 24.3 Å². The van der Waals surface area contributed by atoms with Gasteiger partial charge in [-0.3, -0.25) is 9.80 Å². The van der Waals surface area contributed by atoms with Crippen LogP contribution in [0.2, 0.25) is 0 Å². The monoisotopic (exact) mass is 331 g/mol. The minimum atomic E-state index is -0.135. The number of hydrogen-bond donors (Lipinski definition) is 2. The van der Waals surface area contributed by atoms with Gasteiger partial charge in [0.25, 0.3) is 0 Å². The van der Waals surface area contributed by atoms with Crippen molar-refractivity contribution in [3.8, 4) is 5.75 Å². The lowest BCUT2D eigenvalue weighted by molar-refractivity contribution is -0.00290. The molecule has 2 atom stereocenters. The van der Waals surface area contributed by atoms with Crippen LogP contribution in [0.1, 0.15) is 18.4 Å². The molecule has 3 aliphatic heterocycles. The van der Waals surface area contributed by atoms with Gasteiger partial charge in [-0.2, -0.15) is 0 Å². The molecular formula is C19H29N3O2. The molecule has 3 aliphatic rings. The molecule has 0 amide bonds. The Morgan fingerprint density at radius 2 is 2.12 bits per heavy atom. The Hall–Kier alpha value is -1.14. The number of aliphatic hydroxyl groups excluding tert-OH is 1. The summed E-state index contributed by atoms with van der Waals surface area (Å²) in [7, 11) is 0. The number of piperazine rings is 1. The van der Waals surface area contributed by atoms with Gasteiger partial charge in [-0.15, -0.1) is 0 Å². The van der Waals surface area contributed by atoms with Crippen LogP contribution in [-0.4, -0.2) is 72.9 Å². The zero-order chi connectivity index (χ0) is 16.4. The van der Waals surface area contributed by atoms with E-state index >= 15 is 0 Å². The number of likely N-dealkylation sites (tertiary alicyclic amines) is 1. The van der Waals surface area contributed by atoms with Crippen molar-refractivity contribution in [3.05, 3.63) is 29.8 Å². The predicted octanol–water partition coefficient (Wildman–Crippen LogP) is 0.926. The second-order valence-corrected chi connectivity index (χ2v) is 7.60. The molecule has 5 heteroatoms. The van der Waals surface area contributed by atoms with Gasteiger partial charge in [0, 0.05) is 57.8 Å². The predicted molar refractivity (Wildman–Crippen MR) is 94.2 cm³/mol. The summed E-state index contributed by atoms with van der Waals surface area (Å²) in [4.78, 5) is 4.90. The maximum absolute atomic E-state index is 9.39. The van der Waals surface area contributed by atoms with Crippen molar-refractivity contribution in [2.24, 2.45) is 5.92 Å². The Morgan fingerprint density at radius 3 is 3.00 bits per heavy atom. The number of β-amino-alcohol motifs (C(OH)–C–C–N with tert-alkyl or cyclic N) is 1. The highest BCUT2D eigenvalue weighted by Crippen LogP contribution is 2.24. The highest BCUT2D eigenvalue weighted by atomic mass is 16.5. The number of rotatable bonds is 5. The number of aliphatic hydroxyl groups is 1. The average Bonchev–Trinajstić information content (AvgIpc) is 2.59. The van der Waals surface area contributed by atoms with E-state index in [9.17, 15) is 5.11 Å². The van der Waals surface area contributed by atoms with Crippen molar-refractivity contribution < 1.29 is 9.84 Å². The average molecular weight is 331 g/mol. The fourth-order valence-corrected chi connectivity index (χ4v) is 4.19. The highest BCUT2D eigenvalue weighted by Gasteiger charge is 2.30. The molecule has 132 valence electrons. The van der Waals surface area contributed by atoms with E-state index in [0.717, 1.165) is 51.1 Å². The summed E-state index contributed by atoms with van der Waals surface area (Å²) < 4.78 is 6.11. The van der Waals surface area contributed by atoms with E-state index in [-0.39, 0.29) is 6.10 Å². The number of fused-ring (bicyclic) bond motifs is 1. The molecule has 2 N–H and O–H groups in total. The van der Waals surface area contributed by atoms with E-state index in [4.69, 9.17) is 4.74 Å². The zero-order valence-corrected chi connectivity index (χ0v) is 14.4. The molecule has 4 rings (SSSR count). The van der Waals surface area contributed by atoms with Crippen molar-refractivity contribution in [1.82, 2.24) is 15.1 Å². The third kappa shape index (κ3) is 3.91. The van der Waals surface area contributed by atoms with E-state index in [1.54, 1.807) is 0 Å². The molecule has 3 heterocycles. The fourth-order valence-electron chi connectivity index (χ4n) is 4.19. The molecule has 0 aliphatic carbocycles. The van der Waals surface area contributed by atoms with E-state index in [0.29, 0.717) is 5.92 Å². The topological polar surface area (TPSA) is 48.0 Å². The molecule has 1 aromatic carbocycles. The second-order valence-electron chi connectivity index (χ2n) is 7.60. The highest BCUT2D eigenvalue weighted by molar-refractivity contribution is 5.28. The van der Waals surface area contributed by atoms with Gasteiger partial charge in [0.15, 0.2) is 0 Å². The van der Waals surface area contributed by atoms with Crippen molar-refractivity contribution >= 4 is 0 Å². The van der Waals surface area contributed by atoms with Crippen molar-refractivity contribution in [2.45, 2.75) is 31.5 Å². The van der Waals surface area contributed by atoms with Crippen molar-refractivity contribution in [3.63, 3.8) is 0 Å². The van der Waals surface area contributed by atoms with Gasteiger partial charge in [0.2, 0.25) is 0 Å². The summed E-state index contributed by atoms with van der Waals surface area (Å²) >= 11 is 0. The maximum atomic E-state index is 9.39. The Balaban J connectivity index is 1.26. The fraction of sp³-hybridized carbons (Fsp3) is 0.684. The minimum Gasteiger partial charge on any atom is -0.493 e. The summed E-state index contributed by atoms with van der Waals surface area (Å²) in [5, 5.41) is 12.9. The first-order chi connectivity index (χ1) is 11.8. The van der Waals surface area contributed by atoms with Crippen LogP contribution < -0.4 is 10.1 Å². The molecular weight excluding hydrogens is 302 g/mol. The van der Waals surface area contributed by atoms with Crippen LogP contribution in [-0.2, 0) is 6.54 Å². The van der Waals surface area contributed by atoms with Gasteiger partial charge in [-0.1, -0.05) is 12.1 Å². The lowest BCUT2D eigenvalue weighted by Gasteiger charge is -2.42. The number of hydrogen-bond acceptors (Lipinski definition) is 5. The number of nitrogens with one attached hydrogen (secondary N) is 1. The zero-order valence-electron chi connectivity index (χ0n) is 14.4. The van der Waals surface area contributed by atoms with E-state index in [1.165, 1.54) is 31.5 Å². The van der Waals surface area contributed by atoms with Crippen molar-refractivity contribution in [1.29, 1.82) is 0 Å². The smallest absolute Gasteiger partial charge is 0.119 e. The van der Waals surface area contributed by atoms with Gasteiger partial charge in [-0.05, 0) is 30.5 Å². The standard InChI is InChI=1S/C19H29N3O2/c23-18-12-21(13-18)10-15-2-1-3-19(8-15)24-14-16-4-5-17-9-20-6-7-22(17)11-16/h1-3,8,16-18,20,23H,4-7,9-14H2/t16-,17-/m1/s1. The van der Waals surface area contributed by atoms with Crippen LogP contribution >= 0.6 is 0 Å². The Morgan fingerprint density at radius 1 is 1.21 bits per heavy atom. The number of ether oxygens (including phenoxy) is 1. The van der Waals surface area contributed by atoms with Gasteiger partial charge < -0.3 is 15.2 Å². The third-order valence-electron chi connectivity index (χ3n) is 5.60. The first-order valence-electron chi connectivity index (χ1n) is 9.33. The molecule has 0 unspecified atom stereocenters. The number of benzene rings is 1. The summed E-state index contributed by atoms with van der Waals surface area (Å²) in [6.07, 6.45) is 2.43.